The van der Waals surface area contributed by atoms with E-state index in [2.05, 4.69) is 34.9 Å². The predicted molar refractivity (Wildman–Crippen MR) is 80.2 cm³/mol. The van der Waals surface area contributed by atoms with Gasteiger partial charge in [-0.3, -0.25) is 9.48 Å². The third-order valence-corrected chi connectivity index (χ3v) is 3.65. The van der Waals surface area contributed by atoms with Gasteiger partial charge in [0.1, 0.15) is 11.5 Å². The van der Waals surface area contributed by atoms with Crippen molar-refractivity contribution in [1.29, 1.82) is 0 Å². The number of aryl methyl sites for hydroxylation is 1. The highest BCUT2D eigenvalue weighted by atomic mass is 79.9. The lowest BCUT2D eigenvalue weighted by Crippen LogP contribution is -2.02. The summed E-state index contributed by atoms with van der Waals surface area (Å²) in [6.45, 7) is 5.05. The summed E-state index contributed by atoms with van der Waals surface area (Å²) in [6.07, 6.45) is 3.51. The molecule has 1 heterocycles. The summed E-state index contributed by atoms with van der Waals surface area (Å²) in [5.74, 6) is 0.239. The number of hydrogen-bond donors (Lipinski definition) is 0. The molecule has 5 heteroatoms. The second kappa shape index (κ2) is 6.31. The van der Waals surface area contributed by atoms with E-state index in [0.29, 0.717) is 21.6 Å². The molecule has 0 spiro atoms. The maximum Gasteiger partial charge on any atom is 0.153 e. The molecule has 3 nitrogen and oxygen atoms in total. The lowest BCUT2D eigenvalue weighted by Gasteiger charge is -2.04. The van der Waals surface area contributed by atoms with Crippen LogP contribution in [0.4, 0.5) is 4.39 Å². The van der Waals surface area contributed by atoms with Gasteiger partial charge in [-0.2, -0.15) is 5.10 Å². The molecule has 0 aliphatic heterocycles. The van der Waals surface area contributed by atoms with Gasteiger partial charge in [-0.15, -0.1) is 0 Å². The van der Waals surface area contributed by atoms with Gasteiger partial charge in [0.05, 0.1) is 10.0 Å². The SMILES string of the molecule is CC(C)CCn1cc(C=O)c(-c2ccc(F)c(Br)c2)n1. The van der Waals surface area contributed by atoms with E-state index < -0.39 is 0 Å². The molecule has 106 valence electrons. The first-order valence-electron chi connectivity index (χ1n) is 6.49. The van der Waals surface area contributed by atoms with Crippen molar-refractivity contribution in [3.05, 3.63) is 40.2 Å². The molecule has 0 amide bonds. The lowest BCUT2D eigenvalue weighted by atomic mass is 10.1. The van der Waals surface area contributed by atoms with E-state index in [-0.39, 0.29) is 5.82 Å². The number of aromatic nitrogens is 2. The second-order valence-electron chi connectivity index (χ2n) is 5.13. The van der Waals surface area contributed by atoms with E-state index in [1.165, 1.54) is 6.07 Å². The molecule has 0 aliphatic carbocycles. The van der Waals surface area contributed by atoms with Crippen molar-refractivity contribution in [2.24, 2.45) is 5.92 Å². The zero-order chi connectivity index (χ0) is 14.7. The van der Waals surface area contributed by atoms with Crippen LogP contribution in [0.1, 0.15) is 30.6 Å². The van der Waals surface area contributed by atoms with Crippen molar-refractivity contribution < 1.29 is 9.18 Å². The highest BCUT2D eigenvalue weighted by Crippen LogP contribution is 2.26. The summed E-state index contributed by atoms with van der Waals surface area (Å²) in [5, 5.41) is 4.44. The fraction of sp³-hybridized carbons (Fsp3) is 0.333. The molecule has 0 saturated carbocycles. The fourth-order valence-electron chi connectivity index (χ4n) is 1.90. The Morgan fingerprint density at radius 2 is 2.20 bits per heavy atom. The van der Waals surface area contributed by atoms with Crippen LogP contribution in [-0.4, -0.2) is 16.1 Å². The molecule has 1 aromatic heterocycles. The molecule has 0 atom stereocenters. The van der Waals surface area contributed by atoms with Crippen molar-refractivity contribution in [3.8, 4) is 11.3 Å². The highest BCUT2D eigenvalue weighted by molar-refractivity contribution is 9.10. The van der Waals surface area contributed by atoms with Crippen LogP contribution in [0, 0.1) is 11.7 Å². The van der Waals surface area contributed by atoms with Gasteiger partial charge in [0.25, 0.3) is 0 Å². The Hall–Kier alpha value is -1.49. The van der Waals surface area contributed by atoms with Gasteiger partial charge < -0.3 is 0 Å². The first-order chi connectivity index (χ1) is 9.51. The summed E-state index contributed by atoms with van der Waals surface area (Å²) in [5.41, 5.74) is 1.83. The van der Waals surface area contributed by atoms with Gasteiger partial charge in [-0.25, -0.2) is 4.39 Å². The number of carbonyl (C=O) groups is 1. The number of carbonyl (C=O) groups excluding carboxylic acids is 1. The van der Waals surface area contributed by atoms with E-state index in [9.17, 15) is 9.18 Å². The number of hydrogen-bond acceptors (Lipinski definition) is 2. The van der Waals surface area contributed by atoms with Crippen LogP contribution in [-0.2, 0) is 6.54 Å². The van der Waals surface area contributed by atoms with Crippen molar-refractivity contribution >= 4 is 22.2 Å². The lowest BCUT2D eigenvalue weighted by molar-refractivity contribution is 0.112. The Balaban J connectivity index is 2.34. The highest BCUT2D eigenvalue weighted by Gasteiger charge is 2.12. The molecule has 0 bridgehead atoms. The van der Waals surface area contributed by atoms with E-state index in [1.54, 1.807) is 23.0 Å². The van der Waals surface area contributed by atoms with Crippen LogP contribution in [0.25, 0.3) is 11.3 Å². The zero-order valence-electron chi connectivity index (χ0n) is 11.4. The van der Waals surface area contributed by atoms with Gasteiger partial charge in [-0.05, 0) is 46.5 Å². The summed E-state index contributed by atoms with van der Waals surface area (Å²) >= 11 is 3.15. The number of benzene rings is 1. The van der Waals surface area contributed by atoms with Gasteiger partial charge in [0.2, 0.25) is 0 Å². The van der Waals surface area contributed by atoms with Crippen LogP contribution in [0.3, 0.4) is 0 Å². The molecule has 2 aromatic rings. The van der Waals surface area contributed by atoms with Crippen molar-refractivity contribution in [2.45, 2.75) is 26.8 Å². The van der Waals surface area contributed by atoms with E-state index in [1.807, 2.05) is 0 Å². The first kappa shape index (κ1) is 14.9. The molecule has 0 aliphatic rings. The Morgan fingerprint density at radius 3 is 2.80 bits per heavy atom. The minimum Gasteiger partial charge on any atom is -0.298 e. The van der Waals surface area contributed by atoms with Crippen molar-refractivity contribution in [2.75, 3.05) is 0 Å². The molecule has 0 N–H and O–H groups in total. The standard InChI is InChI=1S/C15H16BrFN2O/c1-10(2)5-6-19-8-12(9-20)15(18-19)11-3-4-14(17)13(16)7-11/h3-4,7-10H,5-6H2,1-2H3. The average Bonchev–Trinajstić information content (AvgIpc) is 2.83. The second-order valence-corrected chi connectivity index (χ2v) is 5.98. The van der Waals surface area contributed by atoms with E-state index in [4.69, 9.17) is 0 Å². The van der Waals surface area contributed by atoms with Crippen LogP contribution >= 0.6 is 15.9 Å². The Labute approximate surface area is 125 Å². The third-order valence-electron chi connectivity index (χ3n) is 3.05. The molecule has 0 fully saturated rings. The number of halogens is 2. The molecule has 2 rings (SSSR count). The summed E-state index contributed by atoms with van der Waals surface area (Å²) < 4.78 is 15.4. The number of aldehydes is 1. The fourth-order valence-corrected chi connectivity index (χ4v) is 2.27. The first-order valence-corrected chi connectivity index (χ1v) is 7.28. The molecule has 0 unspecified atom stereocenters. The normalized spacial score (nSPS) is 11.1. The molecule has 0 radical (unpaired) electrons. The van der Waals surface area contributed by atoms with Gasteiger partial charge in [0, 0.05) is 18.3 Å². The summed E-state index contributed by atoms with van der Waals surface area (Å²) in [4.78, 5) is 11.2. The summed E-state index contributed by atoms with van der Waals surface area (Å²) in [6, 6.07) is 4.63. The number of rotatable bonds is 5. The molecular weight excluding hydrogens is 323 g/mol. The quantitative estimate of drug-likeness (QED) is 0.761. The molecule has 0 saturated heterocycles. The van der Waals surface area contributed by atoms with Crippen molar-refractivity contribution in [1.82, 2.24) is 9.78 Å². The van der Waals surface area contributed by atoms with Crippen LogP contribution in [0.15, 0.2) is 28.9 Å². The summed E-state index contributed by atoms with van der Waals surface area (Å²) in [7, 11) is 0. The Bertz CT molecular complexity index is 622. The van der Waals surface area contributed by atoms with Crippen LogP contribution < -0.4 is 0 Å². The number of nitrogens with zero attached hydrogens (tertiary/aromatic N) is 2. The average molecular weight is 339 g/mol. The Kier molecular flexibility index (Phi) is 4.70. The van der Waals surface area contributed by atoms with E-state index in [0.717, 1.165) is 24.8 Å². The maximum absolute atomic E-state index is 13.3. The molecule has 20 heavy (non-hydrogen) atoms. The minimum absolute atomic E-state index is 0.333. The van der Waals surface area contributed by atoms with Gasteiger partial charge in [0.15, 0.2) is 6.29 Å². The van der Waals surface area contributed by atoms with E-state index >= 15 is 0 Å². The smallest absolute Gasteiger partial charge is 0.153 e. The molecule has 1 aromatic carbocycles. The molecular formula is C15H16BrFN2O. The maximum atomic E-state index is 13.3. The van der Waals surface area contributed by atoms with Crippen LogP contribution in [0.2, 0.25) is 0 Å². The zero-order valence-corrected chi connectivity index (χ0v) is 13.0. The monoisotopic (exact) mass is 338 g/mol. The van der Waals surface area contributed by atoms with Gasteiger partial charge >= 0.3 is 0 Å². The van der Waals surface area contributed by atoms with Crippen molar-refractivity contribution in [3.63, 3.8) is 0 Å². The topological polar surface area (TPSA) is 34.9 Å². The predicted octanol–water partition coefficient (Wildman–Crippen LogP) is 4.31. The van der Waals surface area contributed by atoms with Gasteiger partial charge in [-0.1, -0.05) is 13.8 Å². The van der Waals surface area contributed by atoms with Crippen LogP contribution in [0.5, 0.6) is 0 Å². The largest absolute Gasteiger partial charge is 0.298 e. The minimum atomic E-state index is -0.333. The third kappa shape index (κ3) is 3.33. The Morgan fingerprint density at radius 1 is 1.45 bits per heavy atom.